The molecule has 1 aliphatic carbocycles. The third kappa shape index (κ3) is 3.42. The molecule has 2 N–H and O–H groups in total. The van der Waals surface area contributed by atoms with E-state index in [-0.39, 0.29) is 23.3 Å². The summed E-state index contributed by atoms with van der Waals surface area (Å²) in [5.41, 5.74) is 1.39. The first kappa shape index (κ1) is 17.2. The maximum atomic E-state index is 12.6. The van der Waals surface area contributed by atoms with E-state index in [0.29, 0.717) is 6.54 Å². The highest BCUT2D eigenvalue weighted by molar-refractivity contribution is 5.82. The zero-order valence-electron chi connectivity index (χ0n) is 15.0. The number of carbonyl (C=O) groups is 1. The van der Waals surface area contributed by atoms with E-state index in [4.69, 9.17) is 4.74 Å². The zero-order valence-corrected chi connectivity index (χ0v) is 15.0. The molecule has 1 spiro atoms. The number of hydrogen-bond acceptors (Lipinski definition) is 4. The number of rotatable bonds is 6. The third-order valence-corrected chi connectivity index (χ3v) is 5.70. The summed E-state index contributed by atoms with van der Waals surface area (Å²) in [4.78, 5) is 14.7. The molecule has 5 heteroatoms. The van der Waals surface area contributed by atoms with Crippen LogP contribution in [0.2, 0.25) is 0 Å². The van der Waals surface area contributed by atoms with Crippen molar-refractivity contribution in [1.29, 1.82) is 0 Å². The standard InChI is InChI=1S/C19H29N3O2/c1-22(2)16(14-6-4-5-7-17(14)24-3)13-21-18(23)15-12-19(15)8-10-20-11-9-19/h4-7,15-16,20H,8-13H2,1-3H3,(H,21,23). The van der Waals surface area contributed by atoms with Crippen LogP contribution in [0.4, 0.5) is 0 Å². The van der Waals surface area contributed by atoms with Crippen molar-refractivity contribution in [2.45, 2.75) is 25.3 Å². The molecule has 1 aliphatic heterocycles. The average molecular weight is 331 g/mol. The number of methoxy groups -OCH3 is 1. The van der Waals surface area contributed by atoms with E-state index in [9.17, 15) is 4.79 Å². The topological polar surface area (TPSA) is 53.6 Å². The van der Waals surface area contributed by atoms with Gasteiger partial charge in [0, 0.05) is 18.0 Å². The fourth-order valence-corrected chi connectivity index (χ4v) is 4.03. The molecule has 1 amide bonds. The molecule has 0 aromatic heterocycles. The number of ether oxygens (including phenoxy) is 1. The van der Waals surface area contributed by atoms with Crippen molar-refractivity contribution in [2.24, 2.45) is 11.3 Å². The molecule has 1 aromatic rings. The van der Waals surface area contributed by atoms with Crippen molar-refractivity contribution in [2.75, 3.05) is 40.8 Å². The molecule has 0 radical (unpaired) electrons. The zero-order chi connectivity index (χ0) is 17.2. The highest BCUT2D eigenvalue weighted by atomic mass is 16.5. The number of carbonyl (C=O) groups excluding carboxylic acids is 1. The Kier molecular flexibility index (Phi) is 5.11. The van der Waals surface area contributed by atoms with Crippen LogP contribution in [0, 0.1) is 11.3 Å². The van der Waals surface area contributed by atoms with Crippen molar-refractivity contribution in [3.63, 3.8) is 0 Å². The fraction of sp³-hybridized carbons (Fsp3) is 0.632. The monoisotopic (exact) mass is 331 g/mol. The van der Waals surface area contributed by atoms with Crippen LogP contribution in [0.15, 0.2) is 24.3 Å². The second kappa shape index (κ2) is 7.11. The predicted octanol–water partition coefficient (Wildman–Crippen LogP) is 1.80. The Balaban J connectivity index is 1.62. The number of amides is 1. The van der Waals surface area contributed by atoms with Crippen molar-refractivity contribution >= 4 is 5.91 Å². The molecule has 3 rings (SSSR count). The molecule has 0 bridgehead atoms. The average Bonchev–Trinajstić information content (AvgIpc) is 3.28. The molecule has 132 valence electrons. The molecule has 2 atom stereocenters. The van der Waals surface area contributed by atoms with Crippen LogP contribution in [0.3, 0.4) is 0 Å². The number of benzene rings is 1. The number of para-hydroxylation sites is 1. The minimum atomic E-state index is 0.104. The summed E-state index contributed by atoms with van der Waals surface area (Å²) < 4.78 is 5.49. The van der Waals surface area contributed by atoms with Crippen LogP contribution in [0.1, 0.15) is 30.9 Å². The van der Waals surface area contributed by atoms with Gasteiger partial charge in [-0.2, -0.15) is 0 Å². The maximum absolute atomic E-state index is 12.6. The number of piperidine rings is 1. The van der Waals surface area contributed by atoms with Gasteiger partial charge in [-0.05, 0) is 57.9 Å². The maximum Gasteiger partial charge on any atom is 0.223 e. The van der Waals surface area contributed by atoms with Gasteiger partial charge in [0.1, 0.15) is 5.75 Å². The lowest BCUT2D eigenvalue weighted by molar-refractivity contribution is -0.123. The van der Waals surface area contributed by atoms with E-state index in [1.54, 1.807) is 7.11 Å². The van der Waals surface area contributed by atoms with Gasteiger partial charge in [-0.15, -0.1) is 0 Å². The second-order valence-electron chi connectivity index (χ2n) is 7.34. The minimum Gasteiger partial charge on any atom is -0.496 e. The van der Waals surface area contributed by atoms with Gasteiger partial charge in [0.15, 0.2) is 0 Å². The van der Waals surface area contributed by atoms with Crippen molar-refractivity contribution in [3.8, 4) is 5.75 Å². The summed E-state index contributed by atoms with van der Waals surface area (Å²) in [5, 5.41) is 6.58. The van der Waals surface area contributed by atoms with Crippen LogP contribution < -0.4 is 15.4 Å². The summed E-state index contributed by atoms with van der Waals surface area (Å²) in [6.45, 7) is 2.70. The van der Waals surface area contributed by atoms with Gasteiger partial charge in [0.2, 0.25) is 5.91 Å². The lowest BCUT2D eigenvalue weighted by atomic mass is 9.91. The van der Waals surface area contributed by atoms with Crippen LogP contribution in [0.25, 0.3) is 0 Å². The van der Waals surface area contributed by atoms with E-state index in [0.717, 1.165) is 43.7 Å². The van der Waals surface area contributed by atoms with E-state index >= 15 is 0 Å². The summed E-state index contributed by atoms with van der Waals surface area (Å²) >= 11 is 0. The first-order valence-corrected chi connectivity index (χ1v) is 8.85. The molecule has 24 heavy (non-hydrogen) atoms. The van der Waals surface area contributed by atoms with Gasteiger partial charge in [0.25, 0.3) is 0 Å². The van der Waals surface area contributed by atoms with Crippen LogP contribution in [-0.2, 0) is 4.79 Å². The molecule has 1 saturated heterocycles. The summed E-state index contributed by atoms with van der Waals surface area (Å²) in [6.07, 6.45) is 3.32. The molecular weight excluding hydrogens is 302 g/mol. The van der Waals surface area contributed by atoms with Gasteiger partial charge in [-0.25, -0.2) is 0 Å². The van der Waals surface area contributed by atoms with E-state index in [1.165, 1.54) is 0 Å². The highest BCUT2D eigenvalue weighted by Gasteiger charge is 2.57. The normalized spacial score (nSPS) is 23.1. The third-order valence-electron chi connectivity index (χ3n) is 5.70. The Bertz CT molecular complexity index is 582. The number of likely N-dealkylation sites (N-methyl/N-ethyl adjacent to an activating group) is 1. The summed E-state index contributed by atoms with van der Waals surface area (Å²) in [5.74, 6) is 1.30. The van der Waals surface area contributed by atoms with E-state index < -0.39 is 0 Å². The quantitative estimate of drug-likeness (QED) is 0.835. The number of nitrogens with zero attached hydrogens (tertiary/aromatic N) is 1. The summed E-state index contributed by atoms with van der Waals surface area (Å²) in [6, 6.07) is 8.13. The van der Waals surface area contributed by atoms with Gasteiger partial charge >= 0.3 is 0 Å². The van der Waals surface area contributed by atoms with Gasteiger partial charge in [-0.3, -0.25) is 4.79 Å². The highest BCUT2D eigenvalue weighted by Crippen LogP contribution is 2.58. The Morgan fingerprint density at radius 2 is 2.08 bits per heavy atom. The van der Waals surface area contributed by atoms with Gasteiger partial charge in [-0.1, -0.05) is 18.2 Å². The molecule has 1 saturated carbocycles. The van der Waals surface area contributed by atoms with Crippen LogP contribution in [-0.4, -0.2) is 51.6 Å². The number of nitrogens with one attached hydrogen (secondary N) is 2. The fourth-order valence-electron chi connectivity index (χ4n) is 4.03. The Hall–Kier alpha value is -1.59. The number of hydrogen-bond donors (Lipinski definition) is 2. The lowest BCUT2D eigenvalue weighted by Gasteiger charge is -2.27. The first-order valence-electron chi connectivity index (χ1n) is 8.85. The molecule has 2 fully saturated rings. The molecule has 5 nitrogen and oxygen atoms in total. The Morgan fingerprint density at radius 3 is 2.75 bits per heavy atom. The Morgan fingerprint density at radius 1 is 1.38 bits per heavy atom. The van der Waals surface area contributed by atoms with Crippen molar-refractivity contribution in [3.05, 3.63) is 29.8 Å². The molecular formula is C19H29N3O2. The summed E-state index contributed by atoms with van der Waals surface area (Å²) in [7, 11) is 5.76. The molecule has 2 unspecified atom stereocenters. The smallest absolute Gasteiger partial charge is 0.223 e. The van der Waals surface area contributed by atoms with Crippen molar-refractivity contribution in [1.82, 2.24) is 15.5 Å². The van der Waals surface area contributed by atoms with Crippen LogP contribution in [0.5, 0.6) is 5.75 Å². The molecule has 1 aromatic carbocycles. The van der Waals surface area contributed by atoms with Gasteiger partial charge in [0.05, 0.1) is 13.2 Å². The van der Waals surface area contributed by atoms with E-state index in [2.05, 4.69) is 21.6 Å². The van der Waals surface area contributed by atoms with E-state index in [1.807, 2.05) is 32.3 Å². The van der Waals surface area contributed by atoms with Crippen LogP contribution >= 0.6 is 0 Å². The largest absolute Gasteiger partial charge is 0.496 e. The molecule has 1 heterocycles. The predicted molar refractivity (Wildman–Crippen MR) is 95.1 cm³/mol. The van der Waals surface area contributed by atoms with Gasteiger partial charge < -0.3 is 20.3 Å². The Labute approximate surface area is 144 Å². The second-order valence-corrected chi connectivity index (χ2v) is 7.34. The van der Waals surface area contributed by atoms with Crippen molar-refractivity contribution < 1.29 is 9.53 Å². The lowest BCUT2D eigenvalue weighted by Crippen LogP contribution is -2.37. The SMILES string of the molecule is COc1ccccc1C(CNC(=O)C1CC12CCNCC2)N(C)C. The molecule has 2 aliphatic rings. The first-order chi connectivity index (χ1) is 11.6. The minimum absolute atomic E-state index is 0.104.